The van der Waals surface area contributed by atoms with Crippen LogP contribution in [0.3, 0.4) is 0 Å². The minimum atomic E-state index is -1.03. The molecule has 0 aromatic carbocycles. The van der Waals surface area contributed by atoms with E-state index < -0.39 is 11.5 Å². The molecule has 2 rings (SSSR count). The van der Waals surface area contributed by atoms with E-state index in [0.717, 1.165) is 12.8 Å². The summed E-state index contributed by atoms with van der Waals surface area (Å²) >= 11 is 0. The van der Waals surface area contributed by atoms with Crippen LogP contribution in [0.25, 0.3) is 0 Å². The highest BCUT2D eigenvalue weighted by atomic mass is 16.4. The highest BCUT2D eigenvalue weighted by Crippen LogP contribution is 2.32. The van der Waals surface area contributed by atoms with Crippen molar-refractivity contribution in [1.29, 1.82) is 0 Å². The van der Waals surface area contributed by atoms with Crippen LogP contribution in [-0.2, 0) is 9.59 Å². The van der Waals surface area contributed by atoms with Crippen LogP contribution in [0.5, 0.6) is 0 Å². The first-order valence-electron chi connectivity index (χ1n) is 7.30. The van der Waals surface area contributed by atoms with Crippen molar-refractivity contribution in [3.63, 3.8) is 0 Å². The van der Waals surface area contributed by atoms with Crippen molar-refractivity contribution in [2.24, 2.45) is 5.92 Å². The monoisotopic (exact) mass is 268 g/mol. The molecule has 5 nitrogen and oxygen atoms in total. The van der Waals surface area contributed by atoms with Crippen molar-refractivity contribution in [3.8, 4) is 0 Å². The van der Waals surface area contributed by atoms with Gasteiger partial charge >= 0.3 is 5.97 Å². The molecule has 3 N–H and O–H groups in total. The lowest BCUT2D eigenvalue weighted by Crippen LogP contribution is -2.57. The molecule has 2 aliphatic carbocycles. The van der Waals surface area contributed by atoms with E-state index in [-0.39, 0.29) is 5.91 Å². The lowest BCUT2D eigenvalue weighted by molar-refractivity contribution is -0.150. The summed E-state index contributed by atoms with van der Waals surface area (Å²) in [6, 6.07) is 0.580. The van der Waals surface area contributed by atoms with Crippen LogP contribution < -0.4 is 10.6 Å². The average molecular weight is 268 g/mol. The summed E-state index contributed by atoms with van der Waals surface area (Å²) in [6.45, 7) is 2.69. The van der Waals surface area contributed by atoms with Crippen LogP contribution in [0.2, 0.25) is 0 Å². The number of aliphatic carboxylic acids is 1. The fraction of sp³-hybridized carbons (Fsp3) is 0.857. The Balaban J connectivity index is 1.84. The molecule has 2 saturated carbocycles. The average Bonchev–Trinajstić information content (AvgIpc) is 3.12. The number of nitrogens with one attached hydrogen (secondary N) is 2. The van der Waals surface area contributed by atoms with Crippen LogP contribution in [0.1, 0.15) is 51.9 Å². The predicted molar refractivity (Wildman–Crippen MR) is 71.8 cm³/mol. The van der Waals surface area contributed by atoms with Crippen LogP contribution >= 0.6 is 0 Å². The van der Waals surface area contributed by atoms with Gasteiger partial charge < -0.3 is 15.7 Å². The molecule has 5 heteroatoms. The van der Waals surface area contributed by atoms with Gasteiger partial charge in [-0.2, -0.15) is 0 Å². The number of amides is 1. The van der Waals surface area contributed by atoms with Crippen molar-refractivity contribution < 1.29 is 14.7 Å². The zero-order valence-corrected chi connectivity index (χ0v) is 11.6. The molecule has 108 valence electrons. The van der Waals surface area contributed by atoms with Crippen molar-refractivity contribution in [2.75, 3.05) is 6.54 Å². The van der Waals surface area contributed by atoms with E-state index in [0.29, 0.717) is 37.8 Å². The third-order valence-electron chi connectivity index (χ3n) is 4.15. The smallest absolute Gasteiger partial charge is 0.329 e. The number of carbonyl (C=O) groups is 2. The molecule has 0 spiro atoms. The highest BCUT2D eigenvalue weighted by molar-refractivity contribution is 5.87. The van der Waals surface area contributed by atoms with E-state index in [1.807, 2.05) is 0 Å². The molecule has 2 atom stereocenters. The maximum atomic E-state index is 11.9. The quantitative estimate of drug-likeness (QED) is 0.678. The zero-order chi connectivity index (χ0) is 13.9. The first kappa shape index (κ1) is 14.3. The molecule has 2 fully saturated rings. The molecule has 0 saturated heterocycles. The minimum Gasteiger partial charge on any atom is -0.480 e. The molecule has 0 aromatic rings. The second-order valence-electron chi connectivity index (χ2n) is 6.12. The van der Waals surface area contributed by atoms with E-state index in [1.165, 1.54) is 12.8 Å². The summed E-state index contributed by atoms with van der Waals surface area (Å²) in [4.78, 5) is 23.4. The number of carbonyl (C=O) groups excluding carboxylic acids is 1. The SMILES string of the molecule is CC1CCCC(NC(=O)CCNC2CC2)(C(=O)O)C1. The maximum absolute atomic E-state index is 11.9. The lowest BCUT2D eigenvalue weighted by atomic mass is 9.76. The Hall–Kier alpha value is -1.10. The Bertz CT molecular complexity index is 355. The fourth-order valence-electron chi connectivity index (χ4n) is 2.92. The number of carboxylic acid groups (broad SMARTS) is 1. The Kier molecular flexibility index (Phi) is 4.45. The molecule has 19 heavy (non-hydrogen) atoms. The van der Waals surface area contributed by atoms with Crippen LogP contribution in [-0.4, -0.2) is 35.1 Å². The molecule has 1 amide bonds. The lowest BCUT2D eigenvalue weighted by Gasteiger charge is -2.37. The first-order valence-corrected chi connectivity index (χ1v) is 7.30. The highest BCUT2D eigenvalue weighted by Gasteiger charge is 2.42. The first-order chi connectivity index (χ1) is 9.02. The van der Waals surface area contributed by atoms with Gasteiger partial charge in [0.05, 0.1) is 0 Å². The van der Waals surface area contributed by atoms with Gasteiger partial charge in [-0.25, -0.2) is 4.79 Å². The van der Waals surface area contributed by atoms with E-state index in [2.05, 4.69) is 17.6 Å². The number of rotatable bonds is 6. The largest absolute Gasteiger partial charge is 0.480 e. The van der Waals surface area contributed by atoms with Gasteiger partial charge in [-0.15, -0.1) is 0 Å². The second-order valence-corrected chi connectivity index (χ2v) is 6.12. The van der Waals surface area contributed by atoms with Gasteiger partial charge in [-0.3, -0.25) is 4.79 Å². The molecule has 2 aliphatic rings. The third kappa shape index (κ3) is 3.93. The Morgan fingerprint density at radius 1 is 1.32 bits per heavy atom. The number of hydrogen-bond acceptors (Lipinski definition) is 3. The summed E-state index contributed by atoms with van der Waals surface area (Å²) in [7, 11) is 0. The summed E-state index contributed by atoms with van der Waals surface area (Å²) < 4.78 is 0. The molecule has 0 radical (unpaired) electrons. The predicted octanol–water partition coefficient (Wildman–Crippen LogP) is 1.28. The zero-order valence-electron chi connectivity index (χ0n) is 11.6. The fourth-order valence-corrected chi connectivity index (χ4v) is 2.92. The number of hydrogen-bond donors (Lipinski definition) is 3. The summed E-state index contributed by atoms with van der Waals surface area (Å²) in [5.41, 5.74) is -1.03. The van der Waals surface area contributed by atoms with Crippen LogP contribution in [0, 0.1) is 5.92 Å². The molecule has 0 bridgehead atoms. The molecule has 2 unspecified atom stereocenters. The van der Waals surface area contributed by atoms with Crippen LogP contribution in [0.15, 0.2) is 0 Å². The van der Waals surface area contributed by atoms with E-state index in [1.54, 1.807) is 0 Å². The van der Waals surface area contributed by atoms with E-state index in [4.69, 9.17) is 0 Å². The van der Waals surface area contributed by atoms with Gasteiger partial charge in [0.2, 0.25) is 5.91 Å². The van der Waals surface area contributed by atoms with Crippen LogP contribution in [0.4, 0.5) is 0 Å². The second kappa shape index (κ2) is 5.90. The van der Waals surface area contributed by atoms with E-state index >= 15 is 0 Å². The molecule has 0 aliphatic heterocycles. The van der Waals surface area contributed by atoms with Crippen molar-refractivity contribution >= 4 is 11.9 Å². The van der Waals surface area contributed by atoms with E-state index in [9.17, 15) is 14.7 Å². The summed E-state index contributed by atoms with van der Waals surface area (Å²) in [6.07, 6.45) is 5.76. The molecular formula is C14H24N2O3. The van der Waals surface area contributed by atoms with Crippen molar-refractivity contribution in [2.45, 2.75) is 63.5 Å². The van der Waals surface area contributed by atoms with Gasteiger partial charge in [0.1, 0.15) is 5.54 Å². The minimum absolute atomic E-state index is 0.148. The third-order valence-corrected chi connectivity index (χ3v) is 4.15. The standard InChI is InChI=1S/C14H24N2O3/c1-10-3-2-7-14(9-10,13(18)19)16-12(17)6-8-15-11-4-5-11/h10-11,15H,2-9H2,1H3,(H,16,17)(H,18,19). The molecule has 0 heterocycles. The van der Waals surface area contributed by atoms with Crippen molar-refractivity contribution in [3.05, 3.63) is 0 Å². The Morgan fingerprint density at radius 2 is 2.05 bits per heavy atom. The Labute approximate surface area is 114 Å². The van der Waals surface area contributed by atoms with Gasteiger partial charge in [-0.1, -0.05) is 19.8 Å². The topological polar surface area (TPSA) is 78.4 Å². The Morgan fingerprint density at radius 3 is 2.63 bits per heavy atom. The number of carboxylic acids is 1. The van der Waals surface area contributed by atoms with Crippen molar-refractivity contribution in [1.82, 2.24) is 10.6 Å². The van der Waals surface area contributed by atoms with Gasteiger partial charge in [-0.05, 0) is 31.6 Å². The maximum Gasteiger partial charge on any atom is 0.329 e. The summed E-state index contributed by atoms with van der Waals surface area (Å²) in [5.74, 6) is -0.679. The summed E-state index contributed by atoms with van der Waals surface area (Å²) in [5, 5.41) is 15.5. The van der Waals surface area contributed by atoms with Gasteiger partial charge in [0.15, 0.2) is 0 Å². The molecule has 0 aromatic heterocycles. The normalized spacial score (nSPS) is 30.9. The van der Waals surface area contributed by atoms with Gasteiger partial charge in [0, 0.05) is 19.0 Å². The molecular weight excluding hydrogens is 244 g/mol. The van der Waals surface area contributed by atoms with Gasteiger partial charge in [0.25, 0.3) is 0 Å².